The Morgan fingerprint density at radius 2 is 2.07 bits per heavy atom. The first-order valence-electron chi connectivity index (χ1n) is 9.16. The standard InChI is InChI=1S/C20H21N3O4S/c1-2-25-14-5-6-15-16(11-14)23-20(22-15)28-12-19(24)21-13-4-7-17-18(10-13)27-9-3-8-26-17/h4-7,10-11H,2-3,8-9,12H2,1H3,(H,21,24)(H,22,23). The minimum absolute atomic E-state index is 0.116. The van der Waals surface area contributed by atoms with E-state index in [1.165, 1.54) is 11.8 Å². The molecule has 0 spiro atoms. The van der Waals surface area contributed by atoms with Crippen molar-refractivity contribution in [1.82, 2.24) is 9.97 Å². The molecule has 0 saturated heterocycles. The van der Waals surface area contributed by atoms with Crippen molar-refractivity contribution in [2.24, 2.45) is 0 Å². The van der Waals surface area contributed by atoms with E-state index in [4.69, 9.17) is 14.2 Å². The lowest BCUT2D eigenvalue weighted by Gasteiger charge is -2.10. The summed E-state index contributed by atoms with van der Waals surface area (Å²) in [7, 11) is 0. The van der Waals surface area contributed by atoms with Crippen LogP contribution in [0.3, 0.4) is 0 Å². The number of anilines is 1. The minimum atomic E-state index is -0.116. The molecule has 146 valence electrons. The Kier molecular flexibility index (Phi) is 5.57. The number of thioether (sulfide) groups is 1. The van der Waals surface area contributed by atoms with Gasteiger partial charge in [0.05, 0.1) is 36.6 Å². The third-order valence-corrected chi connectivity index (χ3v) is 4.99. The number of carbonyl (C=O) groups is 1. The molecule has 0 saturated carbocycles. The topological polar surface area (TPSA) is 85.5 Å². The Bertz CT molecular complexity index is 989. The van der Waals surface area contributed by atoms with Crippen molar-refractivity contribution >= 4 is 34.4 Å². The van der Waals surface area contributed by atoms with Gasteiger partial charge in [0.1, 0.15) is 5.75 Å². The zero-order chi connectivity index (χ0) is 19.3. The van der Waals surface area contributed by atoms with Gasteiger partial charge in [-0.25, -0.2) is 4.98 Å². The van der Waals surface area contributed by atoms with Gasteiger partial charge in [-0.15, -0.1) is 0 Å². The van der Waals surface area contributed by atoms with Gasteiger partial charge in [0.25, 0.3) is 0 Å². The number of benzene rings is 2. The highest BCUT2D eigenvalue weighted by molar-refractivity contribution is 7.99. The predicted molar refractivity (Wildman–Crippen MR) is 109 cm³/mol. The number of rotatable bonds is 6. The number of aromatic amines is 1. The third-order valence-electron chi connectivity index (χ3n) is 4.11. The van der Waals surface area contributed by atoms with Crippen LogP contribution in [0.25, 0.3) is 11.0 Å². The molecule has 2 heterocycles. The van der Waals surface area contributed by atoms with Gasteiger partial charge in [0.15, 0.2) is 16.7 Å². The summed E-state index contributed by atoms with van der Waals surface area (Å²) < 4.78 is 16.8. The summed E-state index contributed by atoms with van der Waals surface area (Å²) in [6.07, 6.45) is 0.844. The fourth-order valence-electron chi connectivity index (χ4n) is 2.86. The number of hydrogen-bond acceptors (Lipinski definition) is 6. The van der Waals surface area contributed by atoms with E-state index < -0.39 is 0 Å². The molecule has 3 aromatic rings. The minimum Gasteiger partial charge on any atom is -0.494 e. The molecule has 0 unspecified atom stereocenters. The zero-order valence-corrected chi connectivity index (χ0v) is 16.3. The maximum atomic E-state index is 12.3. The van der Waals surface area contributed by atoms with Crippen LogP contribution in [0.2, 0.25) is 0 Å². The van der Waals surface area contributed by atoms with E-state index in [0.717, 1.165) is 23.2 Å². The van der Waals surface area contributed by atoms with Crippen LogP contribution in [0.15, 0.2) is 41.6 Å². The van der Waals surface area contributed by atoms with Crippen LogP contribution >= 0.6 is 11.8 Å². The molecular weight excluding hydrogens is 378 g/mol. The average molecular weight is 399 g/mol. The van der Waals surface area contributed by atoms with E-state index in [0.29, 0.717) is 42.2 Å². The number of imidazole rings is 1. The first kappa shape index (κ1) is 18.5. The van der Waals surface area contributed by atoms with Crippen LogP contribution in [-0.4, -0.2) is 41.4 Å². The largest absolute Gasteiger partial charge is 0.494 e. The maximum absolute atomic E-state index is 12.3. The van der Waals surface area contributed by atoms with Crippen LogP contribution in [-0.2, 0) is 4.79 Å². The van der Waals surface area contributed by atoms with Gasteiger partial charge in [0.2, 0.25) is 5.91 Å². The highest BCUT2D eigenvalue weighted by Gasteiger charge is 2.13. The van der Waals surface area contributed by atoms with E-state index in [1.54, 1.807) is 6.07 Å². The number of H-pyrrole nitrogens is 1. The highest BCUT2D eigenvalue weighted by Crippen LogP contribution is 2.32. The summed E-state index contributed by atoms with van der Waals surface area (Å²) in [5, 5.41) is 3.58. The summed E-state index contributed by atoms with van der Waals surface area (Å²) >= 11 is 1.35. The second kappa shape index (κ2) is 8.43. The molecule has 0 radical (unpaired) electrons. The van der Waals surface area contributed by atoms with Crippen molar-refractivity contribution in [3.63, 3.8) is 0 Å². The molecule has 7 nitrogen and oxygen atoms in total. The lowest BCUT2D eigenvalue weighted by molar-refractivity contribution is -0.113. The molecule has 2 aromatic carbocycles. The Hall–Kier alpha value is -2.87. The molecule has 1 amide bonds. The summed E-state index contributed by atoms with van der Waals surface area (Å²) in [5.41, 5.74) is 2.41. The normalized spacial score (nSPS) is 13.2. The van der Waals surface area contributed by atoms with Crippen LogP contribution in [0, 0.1) is 0 Å². The summed E-state index contributed by atoms with van der Waals surface area (Å²) in [5.74, 6) is 2.29. The van der Waals surface area contributed by atoms with Crippen LogP contribution in [0.1, 0.15) is 13.3 Å². The van der Waals surface area contributed by atoms with Crippen molar-refractivity contribution in [2.75, 3.05) is 30.9 Å². The first-order chi connectivity index (χ1) is 13.7. The van der Waals surface area contributed by atoms with Crippen molar-refractivity contribution in [3.8, 4) is 17.2 Å². The molecule has 2 N–H and O–H groups in total. The fourth-order valence-corrected chi connectivity index (χ4v) is 3.55. The van der Waals surface area contributed by atoms with E-state index in [-0.39, 0.29) is 11.7 Å². The number of amides is 1. The number of hydrogen-bond donors (Lipinski definition) is 2. The lowest BCUT2D eigenvalue weighted by Crippen LogP contribution is -2.14. The number of carbonyl (C=O) groups excluding carboxylic acids is 1. The van der Waals surface area contributed by atoms with Crippen molar-refractivity contribution < 1.29 is 19.0 Å². The molecule has 8 heteroatoms. The summed E-state index contributed by atoms with van der Waals surface area (Å²) in [4.78, 5) is 20.0. The number of aromatic nitrogens is 2. The van der Waals surface area contributed by atoms with E-state index in [2.05, 4.69) is 15.3 Å². The Morgan fingerprint density at radius 3 is 2.93 bits per heavy atom. The SMILES string of the molecule is CCOc1ccc2nc(SCC(=O)Nc3ccc4c(c3)OCCCO4)[nH]c2c1. The average Bonchev–Trinajstić information content (AvgIpc) is 2.95. The third kappa shape index (κ3) is 4.33. The van der Waals surface area contributed by atoms with Gasteiger partial charge < -0.3 is 24.5 Å². The summed E-state index contributed by atoms with van der Waals surface area (Å²) in [6, 6.07) is 11.1. The number of nitrogens with one attached hydrogen (secondary N) is 2. The maximum Gasteiger partial charge on any atom is 0.234 e. The molecule has 1 aromatic heterocycles. The van der Waals surface area contributed by atoms with Gasteiger partial charge >= 0.3 is 0 Å². The quantitative estimate of drug-likeness (QED) is 0.613. The zero-order valence-electron chi connectivity index (χ0n) is 15.5. The fraction of sp³-hybridized carbons (Fsp3) is 0.300. The van der Waals surface area contributed by atoms with E-state index >= 15 is 0 Å². The molecule has 0 aliphatic carbocycles. The van der Waals surface area contributed by atoms with E-state index in [1.807, 2.05) is 37.3 Å². The van der Waals surface area contributed by atoms with Crippen molar-refractivity contribution in [2.45, 2.75) is 18.5 Å². The van der Waals surface area contributed by atoms with Gasteiger partial charge in [-0.05, 0) is 31.2 Å². The molecule has 0 bridgehead atoms. The van der Waals surface area contributed by atoms with Crippen LogP contribution in [0.5, 0.6) is 17.2 Å². The number of nitrogens with zero attached hydrogens (tertiary/aromatic N) is 1. The van der Waals surface area contributed by atoms with Gasteiger partial charge in [-0.1, -0.05) is 11.8 Å². The molecule has 0 fully saturated rings. The Labute approximate surface area is 166 Å². The Morgan fingerprint density at radius 1 is 1.21 bits per heavy atom. The molecule has 0 atom stereocenters. The van der Waals surface area contributed by atoms with Gasteiger partial charge in [0, 0.05) is 24.2 Å². The first-order valence-corrected chi connectivity index (χ1v) is 10.1. The number of fused-ring (bicyclic) bond motifs is 2. The molecule has 4 rings (SSSR count). The van der Waals surface area contributed by atoms with Crippen LogP contribution in [0.4, 0.5) is 5.69 Å². The van der Waals surface area contributed by atoms with Gasteiger partial charge in [-0.2, -0.15) is 0 Å². The second-order valence-corrected chi connectivity index (χ2v) is 7.17. The second-order valence-electron chi connectivity index (χ2n) is 6.20. The number of ether oxygens (including phenoxy) is 3. The molecule has 1 aliphatic heterocycles. The summed E-state index contributed by atoms with van der Waals surface area (Å²) in [6.45, 7) is 3.80. The predicted octanol–water partition coefficient (Wildman–Crippen LogP) is 3.85. The smallest absolute Gasteiger partial charge is 0.234 e. The monoisotopic (exact) mass is 399 g/mol. The highest BCUT2D eigenvalue weighted by atomic mass is 32.2. The van der Waals surface area contributed by atoms with Crippen molar-refractivity contribution in [3.05, 3.63) is 36.4 Å². The van der Waals surface area contributed by atoms with Crippen LogP contribution < -0.4 is 19.5 Å². The van der Waals surface area contributed by atoms with Gasteiger partial charge in [-0.3, -0.25) is 4.79 Å². The molecule has 1 aliphatic rings. The van der Waals surface area contributed by atoms with Crippen molar-refractivity contribution in [1.29, 1.82) is 0 Å². The molecule has 28 heavy (non-hydrogen) atoms. The van der Waals surface area contributed by atoms with E-state index in [9.17, 15) is 4.79 Å². The Balaban J connectivity index is 1.36. The molecular formula is C20H21N3O4S. The lowest BCUT2D eigenvalue weighted by atomic mass is 10.2.